The van der Waals surface area contributed by atoms with Gasteiger partial charge in [0.15, 0.2) is 11.5 Å². The molecular formula is C12H17N5. The molecule has 0 aliphatic carbocycles. The first-order chi connectivity index (χ1) is 8.36. The van der Waals surface area contributed by atoms with Crippen LogP contribution in [0.25, 0.3) is 5.65 Å². The van der Waals surface area contributed by atoms with Crippen LogP contribution in [0.15, 0.2) is 18.3 Å². The van der Waals surface area contributed by atoms with E-state index in [0.29, 0.717) is 0 Å². The van der Waals surface area contributed by atoms with E-state index >= 15 is 0 Å². The lowest BCUT2D eigenvalue weighted by Gasteiger charge is -2.34. The Labute approximate surface area is 100 Å². The van der Waals surface area contributed by atoms with Crippen LogP contribution in [0.3, 0.4) is 0 Å². The highest BCUT2D eigenvalue weighted by molar-refractivity contribution is 5.36. The van der Waals surface area contributed by atoms with Gasteiger partial charge in [0.2, 0.25) is 0 Å². The predicted molar refractivity (Wildman–Crippen MR) is 64.9 cm³/mol. The van der Waals surface area contributed by atoms with Gasteiger partial charge < -0.3 is 5.32 Å². The summed E-state index contributed by atoms with van der Waals surface area (Å²) in [7, 11) is 0. The Kier molecular flexibility index (Phi) is 2.55. The molecule has 2 aromatic rings. The van der Waals surface area contributed by atoms with Crippen molar-refractivity contribution in [2.75, 3.05) is 13.1 Å². The fourth-order valence-corrected chi connectivity index (χ4v) is 2.72. The van der Waals surface area contributed by atoms with E-state index in [-0.39, 0.29) is 5.41 Å². The maximum Gasteiger partial charge on any atom is 0.177 e. The Balaban J connectivity index is 2.12. The summed E-state index contributed by atoms with van der Waals surface area (Å²) in [4.78, 5) is 0. The van der Waals surface area contributed by atoms with E-state index < -0.39 is 0 Å². The van der Waals surface area contributed by atoms with Crippen LogP contribution in [0.5, 0.6) is 0 Å². The average Bonchev–Trinajstić information content (AvgIpc) is 2.84. The smallest absolute Gasteiger partial charge is 0.177 e. The van der Waals surface area contributed by atoms with Crippen molar-refractivity contribution in [3.8, 4) is 0 Å². The van der Waals surface area contributed by atoms with E-state index in [4.69, 9.17) is 0 Å². The molecule has 0 unspecified atom stereocenters. The molecule has 1 N–H and O–H groups in total. The molecule has 2 aromatic heterocycles. The summed E-state index contributed by atoms with van der Waals surface area (Å²) in [6, 6.07) is 3.85. The van der Waals surface area contributed by atoms with Gasteiger partial charge in [0.05, 0.1) is 0 Å². The fraction of sp³-hybridized carbons (Fsp3) is 0.583. The predicted octanol–water partition coefficient (Wildman–Crippen LogP) is 1.16. The van der Waals surface area contributed by atoms with Gasteiger partial charge in [-0.25, -0.2) is 0 Å². The maximum atomic E-state index is 4.38. The number of nitrogens with zero attached hydrogens (tertiary/aromatic N) is 4. The summed E-state index contributed by atoms with van der Waals surface area (Å²) in [5, 5.41) is 16.4. The van der Waals surface area contributed by atoms with Gasteiger partial charge in [0.1, 0.15) is 0 Å². The zero-order valence-corrected chi connectivity index (χ0v) is 10.1. The molecule has 5 heteroatoms. The highest BCUT2D eigenvalue weighted by Gasteiger charge is 2.36. The van der Waals surface area contributed by atoms with Crippen LogP contribution in [0, 0.1) is 0 Å². The summed E-state index contributed by atoms with van der Waals surface area (Å²) in [6.07, 6.45) is 5.11. The Morgan fingerprint density at radius 1 is 1.35 bits per heavy atom. The largest absolute Gasteiger partial charge is 0.317 e. The molecule has 0 amide bonds. The van der Waals surface area contributed by atoms with E-state index in [1.807, 2.05) is 16.6 Å². The number of aromatic nitrogens is 4. The topological polar surface area (TPSA) is 55.1 Å². The third kappa shape index (κ3) is 1.61. The molecule has 0 atom stereocenters. The van der Waals surface area contributed by atoms with Crippen molar-refractivity contribution in [2.24, 2.45) is 0 Å². The first-order valence-corrected chi connectivity index (χ1v) is 6.23. The first-order valence-electron chi connectivity index (χ1n) is 6.23. The molecule has 0 aromatic carbocycles. The summed E-state index contributed by atoms with van der Waals surface area (Å²) in [5.41, 5.74) is 0.979. The van der Waals surface area contributed by atoms with Crippen LogP contribution < -0.4 is 5.32 Å². The van der Waals surface area contributed by atoms with Crippen LogP contribution in [-0.2, 0) is 5.41 Å². The van der Waals surface area contributed by atoms with Crippen molar-refractivity contribution < 1.29 is 0 Å². The zero-order chi connectivity index (χ0) is 11.7. The molecule has 0 bridgehead atoms. The van der Waals surface area contributed by atoms with Crippen LogP contribution in [0.2, 0.25) is 0 Å². The first kappa shape index (κ1) is 10.7. The van der Waals surface area contributed by atoms with Crippen molar-refractivity contribution in [3.63, 3.8) is 0 Å². The van der Waals surface area contributed by atoms with E-state index in [1.165, 1.54) is 0 Å². The fourth-order valence-electron chi connectivity index (χ4n) is 2.72. The number of hydrogen-bond donors (Lipinski definition) is 1. The molecule has 0 saturated carbocycles. The summed E-state index contributed by atoms with van der Waals surface area (Å²) in [5.74, 6) is 1.03. The SMILES string of the molecule is CCC1(c2nnc3cccnn23)CCNCC1. The van der Waals surface area contributed by atoms with Gasteiger partial charge in [-0.2, -0.15) is 9.61 Å². The van der Waals surface area contributed by atoms with Crippen LogP contribution >= 0.6 is 0 Å². The zero-order valence-electron chi connectivity index (χ0n) is 10.1. The normalized spacial score (nSPS) is 19.6. The minimum atomic E-state index is 0.138. The van der Waals surface area contributed by atoms with Gasteiger partial charge in [0, 0.05) is 11.6 Å². The van der Waals surface area contributed by atoms with Gasteiger partial charge in [0.25, 0.3) is 0 Å². The van der Waals surface area contributed by atoms with E-state index in [9.17, 15) is 0 Å². The molecular weight excluding hydrogens is 214 g/mol. The number of fused-ring (bicyclic) bond motifs is 1. The van der Waals surface area contributed by atoms with Crippen LogP contribution in [0.4, 0.5) is 0 Å². The molecule has 1 saturated heterocycles. The van der Waals surface area contributed by atoms with Crippen molar-refractivity contribution >= 4 is 5.65 Å². The number of rotatable bonds is 2. The van der Waals surface area contributed by atoms with Crippen LogP contribution in [-0.4, -0.2) is 32.9 Å². The molecule has 17 heavy (non-hydrogen) atoms. The number of hydrogen-bond acceptors (Lipinski definition) is 4. The molecule has 3 rings (SSSR count). The second kappa shape index (κ2) is 4.07. The second-order valence-electron chi connectivity index (χ2n) is 4.70. The maximum absolute atomic E-state index is 4.38. The summed E-state index contributed by atoms with van der Waals surface area (Å²) in [6.45, 7) is 4.33. The minimum absolute atomic E-state index is 0.138. The Hall–Kier alpha value is -1.49. The summed E-state index contributed by atoms with van der Waals surface area (Å²) < 4.78 is 1.90. The standard InChI is InChI=1S/C12H17N5/c1-2-12(5-8-13-9-6-12)11-16-15-10-4-3-7-14-17(10)11/h3-4,7,13H,2,5-6,8-9H2,1H3. The van der Waals surface area contributed by atoms with Gasteiger partial charge in [-0.15, -0.1) is 10.2 Å². The Bertz CT molecular complexity index is 512. The summed E-state index contributed by atoms with van der Waals surface area (Å²) >= 11 is 0. The minimum Gasteiger partial charge on any atom is -0.317 e. The van der Waals surface area contributed by atoms with E-state index in [0.717, 1.165) is 43.8 Å². The third-order valence-electron chi connectivity index (χ3n) is 3.89. The third-order valence-corrected chi connectivity index (χ3v) is 3.89. The molecule has 1 aliphatic heterocycles. The second-order valence-corrected chi connectivity index (χ2v) is 4.70. The van der Waals surface area contributed by atoms with Gasteiger partial charge in [-0.3, -0.25) is 0 Å². The molecule has 0 radical (unpaired) electrons. The lowest BCUT2D eigenvalue weighted by atomic mass is 9.76. The monoisotopic (exact) mass is 231 g/mol. The molecule has 90 valence electrons. The molecule has 1 aliphatic rings. The van der Waals surface area contributed by atoms with Gasteiger partial charge >= 0.3 is 0 Å². The quantitative estimate of drug-likeness (QED) is 0.842. The van der Waals surface area contributed by atoms with E-state index in [2.05, 4.69) is 27.5 Å². The molecule has 3 heterocycles. The highest BCUT2D eigenvalue weighted by Crippen LogP contribution is 2.35. The van der Waals surface area contributed by atoms with Crippen molar-refractivity contribution in [3.05, 3.63) is 24.2 Å². The van der Waals surface area contributed by atoms with Gasteiger partial charge in [-0.1, -0.05) is 6.92 Å². The number of nitrogens with one attached hydrogen (secondary N) is 1. The van der Waals surface area contributed by atoms with Crippen molar-refractivity contribution in [2.45, 2.75) is 31.6 Å². The molecule has 0 spiro atoms. The number of piperidine rings is 1. The van der Waals surface area contributed by atoms with Gasteiger partial charge in [-0.05, 0) is 44.5 Å². The lowest BCUT2D eigenvalue weighted by molar-refractivity contribution is 0.277. The average molecular weight is 231 g/mol. The lowest BCUT2D eigenvalue weighted by Crippen LogP contribution is -2.41. The molecule has 5 nitrogen and oxygen atoms in total. The van der Waals surface area contributed by atoms with Crippen LogP contribution in [0.1, 0.15) is 32.0 Å². The Morgan fingerprint density at radius 2 is 2.18 bits per heavy atom. The molecule has 1 fully saturated rings. The highest BCUT2D eigenvalue weighted by atomic mass is 15.4. The Morgan fingerprint density at radius 3 is 2.94 bits per heavy atom. The van der Waals surface area contributed by atoms with Crippen molar-refractivity contribution in [1.29, 1.82) is 0 Å². The van der Waals surface area contributed by atoms with Crippen molar-refractivity contribution in [1.82, 2.24) is 25.1 Å². The van der Waals surface area contributed by atoms with E-state index in [1.54, 1.807) is 6.20 Å².